The Hall–Kier alpha value is -1.48. The van der Waals surface area contributed by atoms with E-state index in [0.717, 1.165) is 0 Å². The number of anilines is 1. The van der Waals surface area contributed by atoms with E-state index >= 15 is 0 Å². The zero-order chi connectivity index (χ0) is 14.0. The Bertz CT molecular complexity index is 621. The summed E-state index contributed by atoms with van der Waals surface area (Å²) >= 11 is 1.34. The smallest absolute Gasteiger partial charge is 0.363 e. The summed E-state index contributed by atoms with van der Waals surface area (Å²) in [5, 5.41) is 15.8. The standard InChI is InChI=1S/C10H14N4O3S2/c1-7(19(2)17)3-4-11-8-9(14(15)16)13-5-6-18-10(13)12-8/h5-7,11H,3-4H2,1-2H3. The van der Waals surface area contributed by atoms with E-state index in [1.165, 1.54) is 15.7 Å². The van der Waals surface area contributed by atoms with Crippen LogP contribution in [-0.4, -0.2) is 36.6 Å². The van der Waals surface area contributed by atoms with Crippen molar-refractivity contribution in [2.75, 3.05) is 18.1 Å². The van der Waals surface area contributed by atoms with E-state index in [9.17, 15) is 14.3 Å². The molecule has 0 bridgehead atoms. The van der Waals surface area contributed by atoms with Crippen molar-refractivity contribution in [1.82, 2.24) is 9.38 Å². The van der Waals surface area contributed by atoms with E-state index < -0.39 is 15.7 Å². The predicted octanol–water partition coefficient (Wildman–Crippen LogP) is 1.87. The summed E-state index contributed by atoms with van der Waals surface area (Å²) in [5.41, 5.74) is 0. The first-order chi connectivity index (χ1) is 9.00. The summed E-state index contributed by atoms with van der Waals surface area (Å²) < 4.78 is 12.7. The molecule has 2 atom stereocenters. The molecule has 0 radical (unpaired) electrons. The van der Waals surface area contributed by atoms with Gasteiger partial charge in [0.15, 0.2) is 0 Å². The molecule has 19 heavy (non-hydrogen) atoms. The van der Waals surface area contributed by atoms with Crippen molar-refractivity contribution < 1.29 is 9.13 Å². The van der Waals surface area contributed by atoms with E-state index in [-0.39, 0.29) is 16.9 Å². The summed E-state index contributed by atoms with van der Waals surface area (Å²) in [7, 11) is -0.887. The van der Waals surface area contributed by atoms with Gasteiger partial charge in [-0.25, -0.2) is 0 Å². The average Bonchev–Trinajstić information content (AvgIpc) is 2.87. The third kappa shape index (κ3) is 2.92. The van der Waals surface area contributed by atoms with Crippen LogP contribution in [0.4, 0.5) is 11.6 Å². The van der Waals surface area contributed by atoms with Crippen molar-refractivity contribution in [3.05, 3.63) is 21.7 Å². The second-order valence-corrected chi connectivity index (χ2v) is 6.80. The SMILES string of the molecule is CC(CCNc1nc2sccn2c1[N+](=O)[O-])S(C)=O. The van der Waals surface area contributed by atoms with Crippen LogP contribution in [0, 0.1) is 10.1 Å². The van der Waals surface area contributed by atoms with Gasteiger partial charge in [-0.2, -0.15) is 9.38 Å². The number of fused-ring (bicyclic) bond motifs is 1. The Morgan fingerprint density at radius 1 is 1.68 bits per heavy atom. The molecule has 0 aliphatic heterocycles. The van der Waals surface area contributed by atoms with Crippen LogP contribution >= 0.6 is 11.3 Å². The zero-order valence-corrected chi connectivity index (χ0v) is 12.2. The third-order valence-electron chi connectivity index (χ3n) is 2.82. The Balaban J connectivity index is 2.12. The summed E-state index contributed by atoms with van der Waals surface area (Å²) in [6, 6.07) is 0. The van der Waals surface area contributed by atoms with Crippen molar-refractivity contribution in [3.8, 4) is 0 Å². The highest BCUT2D eigenvalue weighted by atomic mass is 32.2. The van der Waals surface area contributed by atoms with E-state index in [1.54, 1.807) is 17.8 Å². The van der Waals surface area contributed by atoms with Crippen molar-refractivity contribution in [2.24, 2.45) is 0 Å². The average molecular weight is 302 g/mol. The lowest BCUT2D eigenvalue weighted by molar-refractivity contribution is -0.389. The number of rotatable bonds is 6. The maximum atomic E-state index is 11.2. The number of thiazole rings is 1. The highest BCUT2D eigenvalue weighted by Crippen LogP contribution is 2.27. The molecule has 9 heteroatoms. The second-order valence-electron chi connectivity index (χ2n) is 4.12. The molecule has 0 saturated heterocycles. The lowest BCUT2D eigenvalue weighted by Gasteiger charge is -2.08. The van der Waals surface area contributed by atoms with Crippen molar-refractivity contribution >= 4 is 38.7 Å². The van der Waals surface area contributed by atoms with E-state index in [4.69, 9.17) is 0 Å². The zero-order valence-electron chi connectivity index (χ0n) is 10.5. The van der Waals surface area contributed by atoms with E-state index in [1.807, 2.05) is 6.92 Å². The molecule has 2 aromatic heterocycles. The first-order valence-electron chi connectivity index (χ1n) is 5.66. The van der Waals surface area contributed by atoms with E-state index in [2.05, 4.69) is 10.3 Å². The molecule has 2 aromatic rings. The minimum Gasteiger partial charge on any atom is -0.363 e. The first-order valence-corrected chi connectivity index (χ1v) is 8.17. The van der Waals surface area contributed by atoms with Gasteiger partial charge in [0.25, 0.3) is 4.96 Å². The van der Waals surface area contributed by atoms with Crippen LogP contribution in [0.2, 0.25) is 0 Å². The van der Waals surface area contributed by atoms with E-state index in [0.29, 0.717) is 17.9 Å². The number of hydrogen-bond donors (Lipinski definition) is 1. The maximum Gasteiger partial charge on any atom is 0.372 e. The Morgan fingerprint density at radius 3 is 3.05 bits per heavy atom. The molecule has 2 rings (SSSR count). The van der Waals surface area contributed by atoms with Crippen LogP contribution in [-0.2, 0) is 10.8 Å². The molecule has 7 nitrogen and oxygen atoms in total. The van der Waals surface area contributed by atoms with Gasteiger partial charge >= 0.3 is 5.82 Å². The van der Waals surface area contributed by atoms with Crippen LogP contribution in [0.15, 0.2) is 11.6 Å². The highest BCUT2D eigenvalue weighted by molar-refractivity contribution is 7.84. The Kier molecular flexibility index (Phi) is 4.15. The molecule has 0 amide bonds. The van der Waals surface area contributed by atoms with Crippen molar-refractivity contribution in [3.63, 3.8) is 0 Å². The normalized spacial score (nSPS) is 14.4. The predicted molar refractivity (Wildman–Crippen MR) is 76.4 cm³/mol. The molecule has 2 unspecified atom stereocenters. The molecule has 104 valence electrons. The quantitative estimate of drug-likeness (QED) is 0.650. The van der Waals surface area contributed by atoms with Crippen LogP contribution in [0.25, 0.3) is 4.96 Å². The van der Waals surface area contributed by atoms with Crippen LogP contribution in [0.5, 0.6) is 0 Å². The first kappa shape index (κ1) is 13.9. The van der Waals surface area contributed by atoms with Gasteiger partial charge in [-0.15, -0.1) is 0 Å². The van der Waals surface area contributed by atoms with Gasteiger partial charge in [0.05, 0.1) is 0 Å². The molecule has 0 saturated carbocycles. The second kappa shape index (κ2) is 5.66. The number of nitrogens with zero attached hydrogens (tertiary/aromatic N) is 3. The molecule has 0 fully saturated rings. The minimum atomic E-state index is -0.887. The molecule has 2 heterocycles. The van der Waals surface area contributed by atoms with Gasteiger partial charge in [-0.1, -0.05) is 18.3 Å². The Morgan fingerprint density at radius 2 is 2.42 bits per heavy atom. The molecule has 0 aliphatic carbocycles. The Labute approximate surface area is 116 Å². The van der Waals surface area contributed by atoms with Crippen LogP contribution < -0.4 is 5.32 Å². The molecule has 0 aromatic carbocycles. The molecular formula is C10H14N4O3S2. The van der Waals surface area contributed by atoms with Gasteiger partial charge in [0.1, 0.15) is 6.20 Å². The molecular weight excluding hydrogens is 288 g/mol. The monoisotopic (exact) mass is 302 g/mol. The fraction of sp³-hybridized carbons (Fsp3) is 0.500. The summed E-state index contributed by atoms with van der Waals surface area (Å²) in [6.07, 6.45) is 3.95. The molecule has 0 aliphatic rings. The van der Waals surface area contributed by atoms with Crippen molar-refractivity contribution in [1.29, 1.82) is 0 Å². The van der Waals surface area contributed by atoms with Crippen molar-refractivity contribution in [2.45, 2.75) is 18.6 Å². The number of aromatic nitrogens is 2. The number of imidazole rings is 1. The fourth-order valence-electron chi connectivity index (χ4n) is 1.63. The summed E-state index contributed by atoms with van der Waals surface area (Å²) in [6.45, 7) is 2.39. The number of hydrogen-bond acceptors (Lipinski definition) is 6. The maximum absolute atomic E-state index is 11.2. The fourth-order valence-corrected chi connectivity index (χ4v) is 2.79. The number of nitro groups is 1. The highest BCUT2D eigenvalue weighted by Gasteiger charge is 2.23. The molecule has 0 spiro atoms. The van der Waals surface area contributed by atoms with Gasteiger partial charge in [-0.05, 0) is 11.3 Å². The molecule has 1 N–H and O–H groups in total. The third-order valence-corrected chi connectivity index (χ3v) is 4.95. The largest absolute Gasteiger partial charge is 0.372 e. The summed E-state index contributed by atoms with van der Waals surface area (Å²) in [4.78, 5) is 15.4. The van der Waals surface area contributed by atoms with Gasteiger partial charge in [0.2, 0.25) is 5.82 Å². The minimum absolute atomic E-state index is 0.0512. The van der Waals surface area contributed by atoms with Crippen LogP contribution in [0.1, 0.15) is 13.3 Å². The number of nitrogens with one attached hydrogen (secondary N) is 1. The van der Waals surface area contributed by atoms with Gasteiger partial charge in [-0.3, -0.25) is 4.21 Å². The summed E-state index contributed by atoms with van der Waals surface area (Å²) in [5.74, 6) is 0.215. The van der Waals surface area contributed by atoms with Gasteiger partial charge < -0.3 is 15.4 Å². The lowest BCUT2D eigenvalue weighted by Crippen LogP contribution is -2.15. The van der Waals surface area contributed by atoms with Gasteiger partial charge in [0, 0.05) is 34.2 Å². The lowest BCUT2D eigenvalue weighted by atomic mass is 10.3. The topological polar surface area (TPSA) is 89.5 Å². The van der Waals surface area contributed by atoms with Crippen LogP contribution in [0.3, 0.4) is 0 Å².